The number of nitrogens with two attached hydrogens (primary N) is 1. The maximum absolute atomic E-state index is 12.4. The van der Waals surface area contributed by atoms with Crippen molar-refractivity contribution in [3.05, 3.63) is 24.3 Å². The molecule has 0 aliphatic carbocycles. The van der Waals surface area contributed by atoms with Crippen LogP contribution in [-0.2, 0) is 4.79 Å². The van der Waals surface area contributed by atoms with Crippen LogP contribution < -0.4 is 15.2 Å². The summed E-state index contributed by atoms with van der Waals surface area (Å²) in [6, 6.07) is 7.79. The van der Waals surface area contributed by atoms with E-state index < -0.39 is 0 Å². The number of piperidine rings is 1. The van der Waals surface area contributed by atoms with E-state index in [2.05, 4.69) is 0 Å². The van der Waals surface area contributed by atoms with Gasteiger partial charge in [0.15, 0.2) is 11.5 Å². The largest absolute Gasteiger partial charge is 0.486 e. The van der Waals surface area contributed by atoms with E-state index in [4.69, 9.17) is 15.2 Å². The second kappa shape index (κ2) is 7.88. The van der Waals surface area contributed by atoms with E-state index in [1.807, 2.05) is 36.1 Å². The Hall–Kier alpha value is -1.46. The maximum atomic E-state index is 12.4. The summed E-state index contributed by atoms with van der Waals surface area (Å²) >= 11 is 0. The lowest BCUT2D eigenvalue weighted by molar-refractivity contribution is -0.135. The molecule has 2 N–H and O–H groups in total. The molecule has 1 saturated heterocycles. The molecule has 0 saturated carbocycles. The van der Waals surface area contributed by atoms with Crippen molar-refractivity contribution in [3.8, 4) is 11.5 Å². The normalized spacial score (nSPS) is 22.2. The Morgan fingerprint density at radius 1 is 1.30 bits per heavy atom. The fraction of sp³-hybridized carbons (Fsp3) is 0.588. The fourth-order valence-electron chi connectivity index (χ4n) is 3.16. The summed E-state index contributed by atoms with van der Waals surface area (Å²) in [7, 11) is 0. The van der Waals surface area contributed by atoms with Crippen molar-refractivity contribution in [1.82, 2.24) is 4.90 Å². The number of benzene rings is 1. The molecular formula is C17H25ClN2O3. The van der Waals surface area contributed by atoms with Crippen LogP contribution in [0.4, 0.5) is 0 Å². The van der Waals surface area contributed by atoms with Crippen molar-refractivity contribution in [2.75, 3.05) is 19.7 Å². The highest BCUT2D eigenvalue weighted by Crippen LogP contribution is 2.31. The molecule has 0 aromatic heterocycles. The molecule has 2 aliphatic rings. The van der Waals surface area contributed by atoms with Crippen LogP contribution in [0.3, 0.4) is 0 Å². The Morgan fingerprint density at radius 3 is 2.61 bits per heavy atom. The molecule has 23 heavy (non-hydrogen) atoms. The molecule has 5 nitrogen and oxygen atoms in total. The summed E-state index contributed by atoms with van der Waals surface area (Å²) in [5, 5.41) is 0. The average molecular weight is 341 g/mol. The minimum absolute atomic E-state index is 0. The van der Waals surface area contributed by atoms with Gasteiger partial charge in [0.05, 0.1) is 6.42 Å². The zero-order valence-corrected chi connectivity index (χ0v) is 14.3. The molecule has 1 aromatic carbocycles. The Kier molecular flexibility index (Phi) is 6.13. The van der Waals surface area contributed by atoms with E-state index >= 15 is 0 Å². The third kappa shape index (κ3) is 4.30. The van der Waals surface area contributed by atoms with Crippen LogP contribution in [0.5, 0.6) is 11.5 Å². The topological polar surface area (TPSA) is 64.8 Å². The number of likely N-dealkylation sites (tertiary alicyclic amines) is 1. The third-order valence-electron chi connectivity index (χ3n) is 4.61. The van der Waals surface area contributed by atoms with E-state index in [0.717, 1.165) is 37.4 Å². The predicted octanol–water partition coefficient (Wildman–Crippen LogP) is 2.22. The summed E-state index contributed by atoms with van der Waals surface area (Å²) in [4.78, 5) is 14.3. The first-order valence-corrected chi connectivity index (χ1v) is 8.05. The van der Waals surface area contributed by atoms with E-state index in [1.54, 1.807) is 0 Å². The monoisotopic (exact) mass is 340 g/mol. The van der Waals surface area contributed by atoms with Crippen LogP contribution >= 0.6 is 12.4 Å². The number of para-hydroxylation sites is 2. The molecule has 1 fully saturated rings. The number of rotatable bonds is 3. The van der Waals surface area contributed by atoms with Gasteiger partial charge in [-0.3, -0.25) is 4.79 Å². The van der Waals surface area contributed by atoms with Crippen LogP contribution in [0, 0.1) is 5.92 Å². The van der Waals surface area contributed by atoms with Gasteiger partial charge >= 0.3 is 0 Å². The van der Waals surface area contributed by atoms with Crippen molar-refractivity contribution >= 4 is 18.3 Å². The number of nitrogens with zero attached hydrogens (tertiary/aromatic N) is 1. The van der Waals surface area contributed by atoms with Gasteiger partial charge in [-0.25, -0.2) is 0 Å². The van der Waals surface area contributed by atoms with E-state index in [9.17, 15) is 4.79 Å². The van der Waals surface area contributed by atoms with Crippen molar-refractivity contribution in [2.45, 2.75) is 38.3 Å². The van der Waals surface area contributed by atoms with Gasteiger partial charge in [-0.2, -0.15) is 0 Å². The highest BCUT2D eigenvalue weighted by molar-refractivity contribution is 5.85. The lowest BCUT2D eigenvalue weighted by Crippen LogP contribution is -2.44. The summed E-state index contributed by atoms with van der Waals surface area (Å²) in [5.41, 5.74) is 5.94. The molecule has 1 amide bonds. The lowest BCUT2D eigenvalue weighted by atomic mass is 9.91. The van der Waals surface area contributed by atoms with Crippen LogP contribution in [-0.4, -0.2) is 42.6 Å². The van der Waals surface area contributed by atoms with Gasteiger partial charge in [0.1, 0.15) is 12.7 Å². The van der Waals surface area contributed by atoms with Crippen LogP contribution in [0.25, 0.3) is 0 Å². The number of carbonyl (C=O) groups is 1. The third-order valence-corrected chi connectivity index (χ3v) is 4.61. The zero-order valence-electron chi connectivity index (χ0n) is 13.4. The fourth-order valence-corrected chi connectivity index (χ4v) is 3.16. The molecule has 0 bridgehead atoms. The summed E-state index contributed by atoms with van der Waals surface area (Å²) in [6.45, 7) is 4.08. The quantitative estimate of drug-likeness (QED) is 0.916. The first kappa shape index (κ1) is 17.9. The summed E-state index contributed by atoms with van der Waals surface area (Å²) < 4.78 is 11.5. The van der Waals surface area contributed by atoms with Crippen molar-refractivity contribution in [2.24, 2.45) is 11.7 Å². The first-order valence-electron chi connectivity index (χ1n) is 8.05. The van der Waals surface area contributed by atoms with Crippen LogP contribution in [0.1, 0.15) is 26.2 Å². The number of amides is 1. The molecule has 0 radical (unpaired) electrons. The molecule has 2 aliphatic heterocycles. The van der Waals surface area contributed by atoms with E-state index in [1.165, 1.54) is 0 Å². The molecule has 0 spiro atoms. The van der Waals surface area contributed by atoms with Gasteiger partial charge in [0.2, 0.25) is 5.91 Å². The number of hydrogen-bond donors (Lipinski definition) is 1. The van der Waals surface area contributed by atoms with E-state index in [-0.39, 0.29) is 30.5 Å². The van der Waals surface area contributed by atoms with Crippen LogP contribution in [0.2, 0.25) is 0 Å². The Bertz CT molecular complexity index is 530. The molecule has 3 rings (SSSR count). The molecule has 2 atom stereocenters. The number of ether oxygens (including phenoxy) is 2. The smallest absolute Gasteiger partial charge is 0.226 e. The average Bonchev–Trinajstić information content (AvgIpc) is 2.55. The van der Waals surface area contributed by atoms with Crippen LogP contribution in [0.15, 0.2) is 24.3 Å². The molecule has 2 heterocycles. The SMILES string of the molecule is CC(N)C1CCN(C(=O)CC2COc3ccccc3O2)CC1.Cl. The molecule has 1 aromatic rings. The Morgan fingerprint density at radius 2 is 1.96 bits per heavy atom. The highest BCUT2D eigenvalue weighted by atomic mass is 35.5. The number of fused-ring (bicyclic) bond motifs is 1. The van der Waals surface area contributed by atoms with Gasteiger partial charge in [-0.1, -0.05) is 12.1 Å². The molecular weight excluding hydrogens is 316 g/mol. The molecule has 128 valence electrons. The van der Waals surface area contributed by atoms with Gasteiger partial charge in [-0.15, -0.1) is 12.4 Å². The van der Waals surface area contributed by atoms with Gasteiger partial charge in [0.25, 0.3) is 0 Å². The summed E-state index contributed by atoms with van der Waals surface area (Å²) in [6.07, 6.45) is 2.16. The van der Waals surface area contributed by atoms with Gasteiger partial charge in [-0.05, 0) is 37.8 Å². The second-order valence-corrected chi connectivity index (χ2v) is 6.28. The van der Waals surface area contributed by atoms with Gasteiger partial charge in [0, 0.05) is 19.1 Å². The summed E-state index contributed by atoms with van der Waals surface area (Å²) in [5.74, 6) is 2.16. The number of halogens is 1. The standard InChI is InChI=1S/C17H24N2O3.ClH/c1-12(18)13-6-8-19(9-7-13)17(20)10-14-11-21-15-4-2-3-5-16(15)22-14;/h2-5,12-14H,6-11,18H2,1H3;1H. The number of hydrogen-bond acceptors (Lipinski definition) is 4. The van der Waals surface area contributed by atoms with Crippen molar-refractivity contribution < 1.29 is 14.3 Å². The minimum atomic E-state index is -0.200. The van der Waals surface area contributed by atoms with Crippen molar-refractivity contribution in [1.29, 1.82) is 0 Å². The maximum Gasteiger partial charge on any atom is 0.226 e. The predicted molar refractivity (Wildman–Crippen MR) is 91.2 cm³/mol. The number of carbonyl (C=O) groups excluding carboxylic acids is 1. The zero-order chi connectivity index (χ0) is 15.5. The lowest BCUT2D eigenvalue weighted by Gasteiger charge is -2.35. The molecule has 6 heteroatoms. The second-order valence-electron chi connectivity index (χ2n) is 6.28. The first-order chi connectivity index (χ1) is 10.6. The Labute approximate surface area is 143 Å². The highest BCUT2D eigenvalue weighted by Gasteiger charge is 2.28. The van der Waals surface area contributed by atoms with E-state index in [0.29, 0.717) is 18.9 Å². The molecule has 2 unspecified atom stereocenters. The Balaban J connectivity index is 0.00000192. The van der Waals surface area contributed by atoms with Gasteiger partial charge < -0.3 is 20.1 Å². The minimum Gasteiger partial charge on any atom is -0.486 e. The van der Waals surface area contributed by atoms with Crippen molar-refractivity contribution in [3.63, 3.8) is 0 Å².